The van der Waals surface area contributed by atoms with E-state index in [-0.39, 0.29) is 5.91 Å². The van der Waals surface area contributed by atoms with Crippen LogP contribution in [0.4, 0.5) is 11.4 Å². The van der Waals surface area contributed by atoms with E-state index in [1.54, 1.807) is 0 Å². The zero-order chi connectivity index (χ0) is 20.1. The molecule has 1 fully saturated rings. The van der Waals surface area contributed by atoms with E-state index in [4.69, 9.17) is 16.3 Å². The number of rotatable bonds is 6. The number of piperazine rings is 1. The summed E-state index contributed by atoms with van der Waals surface area (Å²) in [7, 11) is 0. The molecule has 1 aliphatic heterocycles. The number of anilines is 2. The highest BCUT2D eigenvalue weighted by molar-refractivity contribution is 6.34. The minimum Gasteiger partial charge on any atom is -0.492 e. The third kappa shape index (κ3) is 4.97. The molecule has 1 saturated heterocycles. The van der Waals surface area contributed by atoms with Crippen molar-refractivity contribution in [2.24, 2.45) is 0 Å². The van der Waals surface area contributed by atoms with Gasteiger partial charge in [0.2, 0.25) is 5.91 Å². The summed E-state index contributed by atoms with van der Waals surface area (Å²) < 4.78 is 5.75. The zero-order valence-corrected chi connectivity index (χ0v) is 17.6. The minimum atomic E-state index is -0.0305. The molecule has 0 aromatic heterocycles. The largest absolute Gasteiger partial charge is 0.492 e. The van der Waals surface area contributed by atoms with Gasteiger partial charge in [-0.3, -0.25) is 9.69 Å². The van der Waals surface area contributed by atoms with Crippen molar-refractivity contribution in [1.82, 2.24) is 4.90 Å². The Morgan fingerprint density at radius 2 is 1.86 bits per heavy atom. The third-order valence-electron chi connectivity index (χ3n) is 4.94. The lowest BCUT2D eigenvalue weighted by Crippen LogP contribution is -2.48. The predicted molar refractivity (Wildman–Crippen MR) is 116 cm³/mol. The number of halogens is 1. The van der Waals surface area contributed by atoms with Crippen LogP contribution in [0.25, 0.3) is 0 Å². The van der Waals surface area contributed by atoms with Crippen LogP contribution in [0.3, 0.4) is 0 Å². The normalized spacial score (nSPS) is 14.8. The molecular formula is C22H28ClN3O2. The van der Waals surface area contributed by atoms with Gasteiger partial charge >= 0.3 is 0 Å². The molecule has 0 bridgehead atoms. The molecule has 5 nitrogen and oxygen atoms in total. The summed E-state index contributed by atoms with van der Waals surface area (Å²) in [5.74, 6) is 0.887. The van der Waals surface area contributed by atoms with Gasteiger partial charge in [0.15, 0.2) is 0 Å². The number of para-hydroxylation sites is 2. The lowest BCUT2D eigenvalue weighted by Gasteiger charge is -2.36. The fourth-order valence-electron chi connectivity index (χ4n) is 3.60. The smallest absolute Gasteiger partial charge is 0.238 e. The van der Waals surface area contributed by atoms with Gasteiger partial charge in [-0.15, -0.1) is 0 Å². The van der Waals surface area contributed by atoms with Crippen molar-refractivity contribution in [3.8, 4) is 5.75 Å². The molecule has 1 amide bonds. The highest BCUT2D eigenvalue weighted by Gasteiger charge is 2.21. The molecule has 1 aliphatic rings. The first-order valence-electron chi connectivity index (χ1n) is 9.73. The SMILES string of the molecule is CCOc1ccccc1N1CCN(CC(=O)Nc2c(C)cc(C)cc2Cl)CC1. The number of hydrogen-bond acceptors (Lipinski definition) is 4. The van der Waals surface area contributed by atoms with Crippen molar-refractivity contribution in [2.45, 2.75) is 20.8 Å². The molecule has 0 radical (unpaired) electrons. The maximum Gasteiger partial charge on any atom is 0.238 e. The second-order valence-corrected chi connectivity index (χ2v) is 7.56. The van der Waals surface area contributed by atoms with Gasteiger partial charge in [-0.1, -0.05) is 29.8 Å². The topological polar surface area (TPSA) is 44.8 Å². The van der Waals surface area contributed by atoms with Gasteiger partial charge in [0, 0.05) is 26.2 Å². The Bertz CT molecular complexity index is 809. The van der Waals surface area contributed by atoms with Gasteiger partial charge in [-0.05, 0) is 50.1 Å². The molecule has 150 valence electrons. The second-order valence-electron chi connectivity index (χ2n) is 7.15. The zero-order valence-electron chi connectivity index (χ0n) is 16.8. The highest BCUT2D eigenvalue weighted by atomic mass is 35.5. The van der Waals surface area contributed by atoms with Gasteiger partial charge in [0.25, 0.3) is 0 Å². The van der Waals surface area contributed by atoms with Gasteiger partial charge in [0.1, 0.15) is 5.75 Å². The summed E-state index contributed by atoms with van der Waals surface area (Å²) in [5.41, 5.74) is 3.90. The molecule has 2 aromatic rings. The standard InChI is InChI=1S/C22H28ClN3O2/c1-4-28-20-8-6-5-7-19(20)26-11-9-25(10-12-26)15-21(27)24-22-17(3)13-16(2)14-18(22)23/h5-8,13-14H,4,9-12,15H2,1-3H3,(H,24,27). The molecular weight excluding hydrogens is 374 g/mol. The van der Waals surface area contributed by atoms with E-state index in [0.29, 0.717) is 23.9 Å². The maximum absolute atomic E-state index is 12.5. The molecule has 1 N–H and O–H groups in total. The van der Waals surface area contributed by atoms with Crippen LogP contribution in [0.15, 0.2) is 36.4 Å². The highest BCUT2D eigenvalue weighted by Crippen LogP contribution is 2.29. The number of ether oxygens (including phenoxy) is 1. The molecule has 0 saturated carbocycles. The van der Waals surface area contributed by atoms with Gasteiger partial charge < -0.3 is 15.0 Å². The van der Waals surface area contributed by atoms with E-state index >= 15 is 0 Å². The summed E-state index contributed by atoms with van der Waals surface area (Å²) in [6.45, 7) is 10.3. The van der Waals surface area contributed by atoms with Crippen LogP contribution < -0.4 is 15.0 Å². The van der Waals surface area contributed by atoms with E-state index in [1.165, 1.54) is 0 Å². The molecule has 28 heavy (non-hydrogen) atoms. The number of carbonyl (C=O) groups is 1. The number of hydrogen-bond donors (Lipinski definition) is 1. The van der Waals surface area contributed by atoms with Crippen molar-refractivity contribution >= 4 is 28.9 Å². The summed E-state index contributed by atoms with van der Waals surface area (Å²) in [4.78, 5) is 17.0. The predicted octanol–water partition coefficient (Wildman–Crippen LogP) is 4.12. The Balaban J connectivity index is 1.55. The van der Waals surface area contributed by atoms with Crippen molar-refractivity contribution in [3.05, 3.63) is 52.5 Å². The van der Waals surface area contributed by atoms with Gasteiger partial charge in [-0.2, -0.15) is 0 Å². The number of benzene rings is 2. The summed E-state index contributed by atoms with van der Waals surface area (Å²) >= 11 is 6.30. The molecule has 0 aliphatic carbocycles. The summed E-state index contributed by atoms with van der Waals surface area (Å²) in [6, 6.07) is 12.0. The lowest BCUT2D eigenvalue weighted by molar-refractivity contribution is -0.117. The molecule has 0 spiro atoms. The van der Waals surface area contributed by atoms with Crippen molar-refractivity contribution in [3.63, 3.8) is 0 Å². The summed E-state index contributed by atoms with van der Waals surface area (Å²) in [6.07, 6.45) is 0. The maximum atomic E-state index is 12.5. The number of amides is 1. The molecule has 1 heterocycles. The van der Waals surface area contributed by atoms with Crippen molar-refractivity contribution in [1.29, 1.82) is 0 Å². The number of nitrogens with zero attached hydrogens (tertiary/aromatic N) is 2. The fraction of sp³-hybridized carbons (Fsp3) is 0.409. The van der Waals surface area contributed by atoms with Crippen LogP contribution in [0, 0.1) is 13.8 Å². The van der Waals surface area contributed by atoms with E-state index in [0.717, 1.165) is 48.7 Å². The Morgan fingerprint density at radius 1 is 1.14 bits per heavy atom. The lowest BCUT2D eigenvalue weighted by atomic mass is 10.1. The molecule has 3 rings (SSSR count). The van der Waals surface area contributed by atoms with E-state index in [9.17, 15) is 4.79 Å². The summed E-state index contributed by atoms with van der Waals surface area (Å²) in [5, 5.41) is 3.56. The van der Waals surface area contributed by atoms with Gasteiger partial charge in [0.05, 0.1) is 29.5 Å². The Hall–Kier alpha value is -2.24. The first kappa shape index (κ1) is 20.5. The second kappa shape index (κ2) is 9.30. The van der Waals surface area contributed by atoms with E-state index in [2.05, 4.69) is 21.2 Å². The number of nitrogens with one attached hydrogen (secondary N) is 1. The van der Waals surface area contributed by atoms with Crippen LogP contribution in [-0.2, 0) is 4.79 Å². The van der Waals surface area contributed by atoms with Crippen LogP contribution in [0.5, 0.6) is 5.75 Å². The monoisotopic (exact) mass is 401 g/mol. The van der Waals surface area contributed by atoms with E-state index in [1.807, 2.05) is 51.1 Å². The van der Waals surface area contributed by atoms with E-state index < -0.39 is 0 Å². The average Bonchev–Trinajstić information content (AvgIpc) is 2.66. The molecule has 2 aromatic carbocycles. The Labute approximate surface area is 172 Å². The average molecular weight is 402 g/mol. The van der Waals surface area contributed by atoms with Crippen LogP contribution >= 0.6 is 11.6 Å². The molecule has 0 atom stereocenters. The van der Waals surface area contributed by atoms with Crippen LogP contribution in [0.2, 0.25) is 5.02 Å². The number of carbonyl (C=O) groups excluding carboxylic acids is 1. The quantitative estimate of drug-likeness (QED) is 0.790. The first-order valence-corrected chi connectivity index (χ1v) is 10.1. The molecule has 6 heteroatoms. The van der Waals surface area contributed by atoms with Crippen molar-refractivity contribution < 1.29 is 9.53 Å². The van der Waals surface area contributed by atoms with Gasteiger partial charge in [-0.25, -0.2) is 0 Å². The van der Waals surface area contributed by atoms with Crippen molar-refractivity contribution in [2.75, 3.05) is 49.5 Å². The minimum absolute atomic E-state index is 0.0305. The van der Waals surface area contributed by atoms with Crippen LogP contribution in [0.1, 0.15) is 18.1 Å². The van der Waals surface area contributed by atoms with Crippen LogP contribution in [-0.4, -0.2) is 50.1 Å². The fourth-order valence-corrected chi connectivity index (χ4v) is 3.97. The Morgan fingerprint density at radius 3 is 2.54 bits per heavy atom. The first-order chi connectivity index (χ1) is 13.5. The third-order valence-corrected chi connectivity index (χ3v) is 5.24. The molecule has 0 unspecified atom stereocenters. The Kier molecular flexibility index (Phi) is 6.81. The number of aryl methyl sites for hydroxylation is 2.